The van der Waals surface area contributed by atoms with E-state index in [1.165, 1.54) is 5.56 Å². The lowest BCUT2D eigenvalue weighted by molar-refractivity contribution is 0.0614. The van der Waals surface area contributed by atoms with Crippen LogP contribution in [-0.2, 0) is 6.42 Å². The maximum absolute atomic E-state index is 9.83. The molecule has 0 unspecified atom stereocenters. The molecule has 70 valence electrons. The van der Waals surface area contributed by atoms with Gasteiger partial charge in [0.05, 0.1) is 11.6 Å². The van der Waals surface area contributed by atoms with E-state index in [-0.39, 0.29) is 6.04 Å². The average Bonchev–Trinajstić information content (AvgIpc) is 2.45. The van der Waals surface area contributed by atoms with Gasteiger partial charge in [0.25, 0.3) is 0 Å². The van der Waals surface area contributed by atoms with Gasteiger partial charge in [0, 0.05) is 5.69 Å². The largest absolute Gasteiger partial charge is 0.388 e. The van der Waals surface area contributed by atoms with Gasteiger partial charge in [0.2, 0.25) is 0 Å². The lowest BCUT2D eigenvalue weighted by Crippen LogP contribution is -2.40. The summed E-state index contributed by atoms with van der Waals surface area (Å²) in [6, 6.07) is 8.35. The molecule has 0 fully saturated rings. The van der Waals surface area contributed by atoms with Gasteiger partial charge in [-0.3, -0.25) is 0 Å². The van der Waals surface area contributed by atoms with Crippen LogP contribution in [0.15, 0.2) is 24.3 Å². The first-order valence-corrected chi connectivity index (χ1v) is 4.64. The van der Waals surface area contributed by atoms with Crippen molar-refractivity contribution < 1.29 is 5.11 Å². The van der Waals surface area contributed by atoms with Crippen LogP contribution in [0.4, 0.5) is 5.69 Å². The van der Waals surface area contributed by atoms with Crippen LogP contribution >= 0.6 is 0 Å². The second-order valence-corrected chi connectivity index (χ2v) is 4.21. The Morgan fingerprint density at radius 2 is 2.08 bits per heavy atom. The predicted octanol–water partition coefficient (Wildman–Crippen LogP) is 1.79. The third-order valence-electron chi connectivity index (χ3n) is 2.62. The first-order valence-electron chi connectivity index (χ1n) is 4.64. The molecule has 0 saturated carbocycles. The molecule has 0 bridgehead atoms. The van der Waals surface area contributed by atoms with E-state index in [0.29, 0.717) is 0 Å². The van der Waals surface area contributed by atoms with Crippen molar-refractivity contribution >= 4 is 5.69 Å². The van der Waals surface area contributed by atoms with E-state index in [2.05, 4.69) is 17.4 Å². The van der Waals surface area contributed by atoms with Crippen LogP contribution in [0.2, 0.25) is 0 Å². The number of para-hydroxylation sites is 1. The molecule has 0 aromatic heterocycles. The van der Waals surface area contributed by atoms with E-state index in [4.69, 9.17) is 0 Å². The van der Waals surface area contributed by atoms with E-state index in [9.17, 15) is 5.11 Å². The quantitative estimate of drug-likeness (QED) is 0.685. The van der Waals surface area contributed by atoms with E-state index < -0.39 is 5.60 Å². The first-order chi connectivity index (χ1) is 6.07. The summed E-state index contributed by atoms with van der Waals surface area (Å²) in [4.78, 5) is 0. The van der Waals surface area contributed by atoms with Crippen LogP contribution in [0, 0.1) is 0 Å². The van der Waals surface area contributed by atoms with Crippen LogP contribution in [0.5, 0.6) is 0 Å². The summed E-state index contributed by atoms with van der Waals surface area (Å²) in [5.74, 6) is 0. The number of hydrogen-bond acceptors (Lipinski definition) is 2. The van der Waals surface area contributed by atoms with Gasteiger partial charge >= 0.3 is 0 Å². The van der Waals surface area contributed by atoms with Gasteiger partial charge in [-0.25, -0.2) is 0 Å². The van der Waals surface area contributed by atoms with Crippen molar-refractivity contribution in [2.75, 3.05) is 5.32 Å². The summed E-state index contributed by atoms with van der Waals surface area (Å²) in [5.41, 5.74) is 1.81. The van der Waals surface area contributed by atoms with E-state index in [1.54, 1.807) is 0 Å². The normalized spacial score (nSPS) is 21.0. The van der Waals surface area contributed by atoms with Crippen molar-refractivity contribution in [2.24, 2.45) is 0 Å². The lowest BCUT2D eigenvalue weighted by Gasteiger charge is -2.25. The Morgan fingerprint density at radius 1 is 1.38 bits per heavy atom. The number of fused-ring (bicyclic) bond motifs is 1. The summed E-state index contributed by atoms with van der Waals surface area (Å²) in [6.45, 7) is 3.69. The monoisotopic (exact) mass is 177 g/mol. The van der Waals surface area contributed by atoms with Crippen LogP contribution in [0.1, 0.15) is 19.4 Å². The molecule has 2 nitrogen and oxygen atoms in total. The van der Waals surface area contributed by atoms with Crippen molar-refractivity contribution in [3.8, 4) is 0 Å². The highest BCUT2D eigenvalue weighted by Gasteiger charge is 2.31. The number of anilines is 1. The van der Waals surface area contributed by atoms with Crippen LogP contribution in [0.3, 0.4) is 0 Å². The average molecular weight is 177 g/mol. The van der Waals surface area contributed by atoms with Crippen molar-refractivity contribution in [2.45, 2.75) is 31.9 Å². The highest BCUT2D eigenvalue weighted by Crippen LogP contribution is 2.29. The highest BCUT2D eigenvalue weighted by atomic mass is 16.3. The van der Waals surface area contributed by atoms with Crippen molar-refractivity contribution in [1.82, 2.24) is 0 Å². The third kappa shape index (κ3) is 1.54. The molecule has 2 rings (SSSR count). The minimum atomic E-state index is -0.654. The number of aliphatic hydroxyl groups is 1. The molecule has 1 aromatic carbocycles. The second-order valence-electron chi connectivity index (χ2n) is 4.21. The summed E-state index contributed by atoms with van der Waals surface area (Å²) in [7, 11) is 0. The molecule has 1 atom stereocenters. The zero-order valence-corrected chi connectivity index (χ0v) is 8.04. The topological polar surface area (TPSA) is 32.3 Å². The standard InChI is InChI=1S/C11H15NO/c1-11(2,13)10-7-8-5-3-4-6-9(8)12-10/h3-6,10,12-13H,7H2,1-2H3/t10-/m0/s1. The molecule has 0 saturated heterocycles. The third-order valence-corrected chi connectivity index (χ3v) is 2.62. The Labute approximate surface area is 78.6 Å². The Kier molecular flexibility index (Phi) is 1.81. The van der Waals surface area contributed by atoms with Gasteiger partial charge in [0.1, 0.15) is 0 Å². The number of rotatable bonds is 1. The minimum Gasteiger partial charge on any atom is -0.388 e. The smallest absolute Gasteiger partial charge is 0.0795 e. The molecule has 2 N–H and O–H groups in total. The molecular weight excluding hydrogens is 162 g/mol. The number of hydrogen-bond donors (Lipinski definition) is 2. The summed E-state index contributed by atoms with van der Waals surface area (Å²) >= 11 is 0. The molecule has 0 spiro atoms. The fourth-order valence-electron chi connectivity index (χ4n) is 1.72. The Bertz CT molecular complexity index is 289. The second kappa shape index (κ2) is 2.74. The molecule has 0 radical (unpaired) electrons. The van der Waals surface area contributed by atoms with E-state index in [1.807, 2.05) is 26.0 Å². The number of nitrogens with one attached hydrogen (secondary N) is 1. The van der Waals surface area contributed by atoms with E-state index in [0.717, 1.165) is 12.1 Å². The molecule has 1 aromatic rings. The Balaban J connectivity index is 2.23. The molecule has 2 heteroatoms. The maximum Gasteiger partial charge on any atom is 0.0795 e. The molecule has 1 heterocycles. The van der Waals surface area contributed by atoms with Gasteiger partial charge in [0.15, 0.2) is 0 Å². The zero-order valence-electron chi connectivity index (χ0n) is 8.04. The predicted molar refractivity (Wildman–Crippen MR) is 53.9 cm³/mol. The Hall–Kier alpha value is -1.02. The summed E-state index contributed by atoms with van der Waals surface area (Å²) < 4.78 is 0. The lowest BCUT2D eigenvalue weighted by atomic mass is 9.96. The maximum atomic E-state index is 9.83. The SMILES string of the molecule is CC(C)(O)[C@@H]1Cc2ccccc2N1. The fourth-order valence-corrected chi connectivity index (χ4v) is 1.72. The van der Waals surface area contributed by atoms with Gasteiger partial charge < -0.3 is 10.4 Å². The van der Waals surface area contributed by atoms with Crippen LogP contribution in [0.25, 0.3) is 0 Å². The summed E-state index contributed by atoms with van der Waals surface area (Å²) in [6.07, 6.45) is 0.916. The Morgan fingerprint density at radius 3 is 2.69 bits per heavy atom. The van der Waals surface area contributed by atoms with Crippen molar-refractivity contribution in [1.29, 1.82) is 0 Å². The zero-order chi connectivity index (χ0) is 9.47. The molecule has 13 heavy (non-hydrogen) atoms. The first kappa shape index (κ1) is 8.57. The molecule has 0 amide bonds. The minimum absolute atomic E-state index is 0.143. The molecule has 1 aliphatic rings. The van der Waals surface area contributed by atoms with Crippen LogP contribution in [-0.4, -0.2) is 16.7 Å². The van der Waals surface area contributed by atoms with Crippen molar-refractivity contribution in [3.05, 3.63) is 29.8 Å². The van der Waals surface area contributed by atoms with Gasteiger partial charge in [-0.15, -0.1) is 0 Å². The van der Waals surface area contributed by atoms with Crippen LogP contribution < -0.4 is 5.32 Å². The molecule has 1 aliphatic heterocycles. The van der Waals surface area contributed by atoms with Gasteiger partial charge in [-0.2, -0.15) is 0 Å². The fraction of sp³-hybridized carbons (Fsp3) is 0.455. The highest BCUT2D eigenvalue weighted by molar-refractivity contribution is 5.57. The van der Waals surface area contributed by atoms with Gasteiger partial charge in [-0.1, -0.05) is 18.2 Å². The van der Waals surface area contributed by atoms with Crippen molar-refractivity contribution in [3.63, 3.8) is 0 Å². The molecule has 0 aliphatic carbocycles. The van der Waals surface area contributed by atoms with E-state index >= 15 is 0 Å². The summed E-state index contributed by atoms with van der Waals surface area (Å²) in [5, 5.41) is 13.2. The van der Waals surface area contributed by atoms with Gasteiger partial charge in [-0.05, 0) is 31.9 Å². The molecular formula is C11H15NO. The number of benzene rings is 1.